The number of rotatable bonds is 3. The van der Waals surface area contributed by atoms with Gasteiger partial charge < -0.3 is 15.4 Å². The van der Waals surface area contributed by atoms with Gasteiger partial charge in [0.25, 0.3) is 5.91 Å². The number of anilines is 1. The summed E-state index contributed by atoms with van der Waals surface area (Å²) in [6.07, 6.45) is 2.24. The Bertz CT molecular complexity index is 745. The Morgan fingerprint density at radius 2 is 1.96 bits per heavy atom. The molecular formula is C20H22N2O2. The summed E-state index contributed by atoms with van der Waals surface area (Å²) in [7, 11) is 0. The maximum absolute atomic E-state index is 12.8. The molecule has 1 fully saturated rings. The minimum absolute atomic E-state index is 0.0291. The number of amides is 1. The van der Waals surface area contributed by atoms with Crippen molar-refractivity contribution in [3.8, 4) is 11.1 Å². The van der Waals surface area contributed by atoms with Gasteiger partial charge in [-0.3, -0.25) is 4.79 Å². The summed E-state index contributed by atoms with van der Waals surface area (Å²) in [6, 6.07) is 16.7. The Kier molecular flexibility index (Phi) is 4.08. The smallest absolute Gasteiger partial charge is 0.256 e. The first-order chi connectivity index (χ1) is 11.8. The van der Waals surface area contributed by atoms with Gasteiger partial charge in [0.2, 0.25) is 0 Å². The second kappa shape index (κ2) is 6.38. The molecule has 0 bridgehead atoms. The van der Waals surface area contributed by atoms with Crippen LogP contribution in [0.1, 0.15) is 18.4 Å². The number of fused-ring (bicyclic) bond motifs is 1. The number of ether oxygens (including phenoxy) is 1. The average Bonchev–Trinajstić information content (AvgIpc) is 3.28. The van der Waals surface area contributed by atoms with E-state index >= 15 is 0 Å². The summed E-state index contributed by atoms with van der Waals surface area (Å²) in [6.45, 7) is 1.22. The van der Waals surface area contributed by atoms with E-state index in [1.54, 1.807) is 0 Å². The molecular weight excluding hydrogens is 300 g/mol. The average molecular weight is 322 g/mol. The molecule has 2 aliphatic rings. The first-order valence-corrected chi connectivity index (χ1v) is 8.61. The fourth-order valence-electron chi connectivity index (χ4n) is 3.68. The molecule has 4 rings (SSSR count). The summed E-state index contributed by atoms with van der Waals surface area (Å²) in [5.74, 6) is 0.0807. The number of hydrogen-bond donors (Lipinski definition) is 1. The summed E-state index contributed by atoms with van der Waals surface area (Å²) >= 11 is 0. The first kappa shape index (κ1) is 15.4. The second-order valence-corrected chi connectivity index (χ2v) is 6.51. The van der Waals surface area contributed by atoms with E-state index in [0.29, 0.717) is 6.54 Å². The fraction of sp³-hybridized carbons (Fsp3) is 0.350. The largest absolute Gasteiger partial charge is 0.364 e. The number of hydrogen-bond acceptors (Lipinski definition) is 3. The molecule has 4 heteroatoms. The van der Waals surface area contributed by atoms with Crippen LogP contribution in [0.15, 0.2) is 48.5 Å². The van der Waals surface area contributed by atoms with E-state index in [-0.39, 0.29) is 18.1 Å². The maximum atomic E-state index is 12.8. The van der Waals surface area contributed by atoms with Crippen LogP contribution in [0.5, 0.6) is 0 Å². The molecule has 2 atom stereocenters. The maximum Gasteiger partial charge on any atom is 0.256 e. The highest BCUT2D eigenvalue weighted by atomic mass is 16.5. The lowest BCUT2D eigenvalue weighted by atomic mass is 10.0. The van der Waals surface area contributed by atoms with Crippen molar-refractivity contribution in [2.24, 2.45) is 5.73 Å². The number of carbonyl (C=O) groups is 1. The molecule has 4 nitrogen and oxygen atoms in total. The van der Waals surface area contributed by atoms with Crippen molar-refractivity contribution in [3.05, 3.63) is 54.1 Å². The molecule has 2 aliphatic heterocycles. The highest BCUT2D eigenvalue weighted by Gasteiger charge is 2.35. The van der Waals surface area contributed by atoms with Crippen LogP contribution in [0.3, 0.4) is 0 Å². The van der Waals surface area contributed by atoms with E-state index < -0.39 is 0 Å². The van der Waals surface area contributed by atoms with Crippen LogP contribution in [0.2, 0.25) is 0 Å². The molecule has 0 aromatic heterocycles. The third kappa shape index (κ3) is 2.72. The van der Waals surface area contributed by atoms with Crippen molar-refractivity contribution < 1.29 is 9.53 Å². The molecule has 1 saturated heterocycles. The number of nitrogens with two attached hydrogens (primary N) is 1. The minimum atomic E-state index is -0.335. The van der Waals surface area contributed by atoms with Gasteiger partial charge in [-0.2, -0.15) is 0 Å². The third-order valence-electron chi connectivity index (χ3n) is 4.99. The first-order valence-electron chi connectivity index (χ1n) is 8.61. The lowest BCUT2D eigenvalue weighted by Gasteiger charge is -2.21. The van der Waals surface area contributed by atoms with Gasteiger partial charge in [-0.25, -0.2) is 0 Å². The van der Waals surface area contributed by atoms with E-state index in [1.807, 2.05) is 23.1 Å². The topological polar surface area (TPSA) is 55.6 Å². The SMILES string of the molecule is NC[C@H]1CC[C@@H](C(=O)N2CCc3cc(-c4ccccc4)ccc32)O1. The summed E-state index contributed by atoms with van der Waals surface area (Å²) < 4.78 is 5.78. The van der Waals surface area contributed by atoms with Crippen molar-refractivity contribution in [1.29, 1.82) is 0 Å². The van der Waals surface area contributed by atoms with Crippen molar-refractivity contribution in [3.63, 3.8) is 0 Å². The van der Waals surface area contributed by atoms with Gasteiger partial charge in [-0.15, -0.1) is 0 Å². The Hall–Kier alpha value is -2.17. The Labute approximate surface area is 142 Å². The third-order valence-corrected chi connectivity index (χ3v) is 4.99. The highest BCUT2D eigenvalue weighted by molar-refractivity contribution is 5.99. The van der Waals surface area contributed by atoms with Crippen LogP contribution < -0.4 is 10.6 Å². The lowest BCUT2D eigenvalue weighted by Crippen LogP contribution is -2.38. The Balaban J connectivity index is 1.55. The highest BCUT2D eigenvalue weighted by Crippen LogP contribution is 2.34. The number of benzene rings is 2. The van der Waals surface area contributed by atoms with Gasteiger partial charge in [0, 0.05) is 18.8 Å². The number of carbonyl (C=O) groups excluding carboxylic acids is 1. The van der Waals surface area contributed by atoms with Gasteiger partial charge in [0.05, 0.1) is 6.10 Å². The molecule has 24 heavy (non-hydrogen) atoms. The zero-order valence-corrected chi connectivity index (χ0v) is 13.7. The molecule has 0 spiro atoms. The molecule has 1 amide bonds. The van der Waals surface area contributed by atoms with Gasteiger partial charge in [-0.1, -0.05) is 36.4 Å². The molecule has 0 saturated carbocycles. The molecule has 2 aromatic carbocycles. The number of nitrogens with zero attached hydrogens (tertiary/aromatic N) is 1. The molecule has 0 aliphatic carbocycles. The van der Waals surface area contributed by atoms with Crippen molar-refractivity contribution in [1.82, 2.24) is 0 Å². The fourth-order valence-corrected chi connectivity index (χ4v) is 3.68. The van der Waals surface area contributed by atoms with Crippen LogP contribution in [-0.2, 0) is 16.0 Å². The molecule has 0 radical (unpaired) electrons. The van der Waals surface area contributed by atoms with E-state index in [0.717, 1.165) is 31.5 Å². The van der Waals surface area contributed by atoms with E-state index in [2.05, 4.69) is 30.3 Å². The van der Waals surface area contributed by atoms with Crippen molar-refractivity contribution >= 4 is 11.6 Å². The van der Waals surface area contributed by atoms with E-state index in [9.17, 15) is 4.79 Å². The normalized spacial score (nSPS) is 22.6. The zero-order valence-electron chi connectivity index (χ0n) is 13.7. The monoisotopic (exact) mass is 322 g/mol. The lowest BCUT2D eigenvalue weighted by molar-refractivity contribution is -0.129. The van der Waals surface area contributed by atoms with Crippen molar-refractivity contribution in [2.75, 3.05) is 18.0 Å². The van der Waals surface area contributed by atoms with Gasteiger partial charge in [0.15, 0.2) is 0 Å². The summed E-state index contributed by atoms with van der Waals surface area (Å²) in [4.78, 5) is 14.7. The zero-order chi connectivity index (χ0) is 16.5. The Morgan fingerprint density at radius 3 is 2.71 bits per heavy atom. The van der Waals surface area contributed by atoms with Crippen LogP contribution in [0.25, 0.3) is 11.1 Å². The molecule has 2 heterocycles. The van der Waals surface area contributed by atoms with E-state index in [4.69, 9.17) is 10.5 Å². The predicted octanol–water partition coefficient (Wildman–Crippen LogP) is 2.75. The van der Waals surface area contributed by atoms with Crippen LogP contribution in [0, 0.1) is 0 Å². The van der Waals surface area contributed by atoms with Crippen LogP contribution in [0.4, 0.5) is 5.69 Å². The van der Waals surface area contributed by atoms with Crippen LogP contribution in [-0.4, -0.2) is 31.2 Å². The molecule has 124 valence electrons. The minimum Gasteiger partial charge on any atom is -0.364 e. The van der Waals surface area contributed by atoms with Crippen LogP contribution >= 0.6 is 0 Å². The standard InChI is InChI=1S/C20H22N2O2/c21-13-17-7-9-19(24-17)20(23)22-11-10-16-12-15(6-8-18(16)22)14-4-2-1-3-5-14/h1-6,8,12,17,19H,7,9-11,13,21H2/t17-,19+/m1/s1. The molecule has 2 N–H and O–H groups in total. The second-order valence-electron chi connectivity index (χ2n) is 6.51. The van der Waals surface area contributed by atoms with Crippen molar-refractivity contribution in [2.45, 2.75) is 31.5 Å². The molecule has 0 unspecified atom stereocenters. The van der Waals surface area contributed by atoms with Gasteiger partial charge >= 0.3 is 0 Å². The summed E-state index contributed by atoms with van der Waals surface area (Å²) in [5.41, 5.74) is 10.3. The Morgan fingerprint density at radius 1 is 1.12 bits per heavy atom. The van der Waals surface area contributed by atoms with Gasteiger partial charge in [0.1, 0.15) is 6.10 Å². The van der Waals surface area contributed by atoms with E-state index in [1.165, 1.54) is 16.7 Å². The molecule has 2 aromatic rings. The quantitative estimate of drug-likeness (QED) is 0.945. The predicted molar refractivity (Wildman–Crippen MR) is 94.9 cm³/mol. The van der Waals surface area contributed by atoms with Gasteiger partial charge in [-0.05, 0) is 48.1 Å². The summed E-state index contributed by atoms with van der Waals surface area (Å²) in [5, 5.41) is 0.